The Morgan fingerprint density at radius 1 is 0.469 bits per heavy atom. The van der Waals surface area contributed by atoms with Crippen molar-refractivity contribution in [1.29, 1.82) is 0 Å². The van der Waals surface area contributed by atoms with E-state index >= 15 is 0 Å². The van der Waals surface area contributed by atoms with Gasteiger partial charge in [-0.25, -0.2) is 0 Å². The Balaban J connectivity index is 1.77. The molecule has 2 aliphatic carbocycles. The average Bonchev–Trinajstić information content (AvgIpc) is 3.01. The number of anilines is 2. The van der Waals surface area contributed by atoms with Crippen molar-refractivity contribution in [2.75, 3.05) is 9.96 Å². The van der Waals surface area contributed by atoms with Crippen LogP contribution in [0.15, 0.2) is 24.3 Å². The van der Waals surface area contributed by atoms with E-state index in [-0.39, 0.29) is 0 Å². The second kappa shape index (κ2) is 9.13. The first-order valence-electron chi connectivity index (χ1n) is 11.8. The first kappa shape index (κ1) is 25.9. The maximum atomic E-state index is 3.97. The van der Waals surface area contributed by atoms with Crippen LogP contribution in [-0.4, -0.2) is 16.5 Å². The molecule has 0 aromatic heterocycles. The quantitative estimate of drug-likeness (QED) is 0.419. The van der Waals surface area contributed by atoms with Gasteiger partial charge in [0.25, 0.3) is 0 Å². The lowest BCUT2D eigenvalue weighted by atomic mass is 9.92. The minimum absolute atomic E-state index is 1.22. The molecule has 1 aromatic carbocycles. The van der Waals surface area contributed by atoms with Gasteiger partial charge in [-0.1, -0.05) is 87.6 Å². The van der Waals surface area contributed by atoms with Gasteiger partial charge in [-0.2, -0.15) is 0 Å². The fraction of sp³-hybridized carbons (Fsp3) is 0.429. The Morgan fingerprint density at radius 3 is 1.03 bits per heavy atom. The van der Waals surface area contributed by atoms with Gasteiger partial charge in [0.2, 0.25) is 0 Å². The average molecular weight is 463 g/mol. The summed E-state index contributed by atoms with van der Waals surface area (Å²) in [5, 5.41) is 0. The molecule has 0 heterocycles. The number of hydrogen-bond donors (Lipinski definition) is 2. The molecule has 0 aliphatic heterocycles. The van der Waals surface area contributed by atoms with Crippen LogP contribution >= 0.6 is 0 Å². The maximum absolute atomic E-state index is 3.97. The molecule has 4 heteroatoms. The van der Waals surface area contributed by atoms with Gasteiger partial charge in [0.05, 0.1) is 0 Å². The zero-order valence-electron chi connectivity index (χ0n) is 22.3. The summed E-state index contributed by atoms with van der Waals surface area (Å²) in [5.74, 6) is 11.7. The summed E-state index contributed by atoms with van der Waals surface area (Å²) in [6.07, 6.45) is 0. The molecule has 2 nitrogen and oxygen atoms in total. The second-order valence-electron chi connectivity index (χ2n) is 10.8. The zero-order chi connectivity index (χ0) is 24.2. The lowest BCUT2D eigenvalue weighted by Gasteiger charge is -2.37. The van der Waals surface area contributed by atoms with Crippen molar-refractivity contribution in [1.82, 2.24) is 0 Å². The summed E-state index contributed by atoms with van der Waals surface area (Å²) in [6, 6.07) is 8.93. The molecule has 2 saturated carbocycles. The molecule has 0 bridgehead atoms. The fourth-order valence-corrected chi connectivity index (χ4v) is 12.3. The lowest BCUT2D eigenvalue weighted by Crippen LogP contribution is -2.47. The van der Waals surface area contributed by atoms with Crippen molar-refractivity contribution in [2.45, 2.75) is 81.6 Å². The van der Waals surface area contributed by atoms with Crippen molar-refractivity contribution in [3.05, 3.63) is 82.7 Å². The molecule has 32 heavy (non-hydrogen) atoms. The number of nitrogens with one attached hydrogen (secondary N) is 2. The molecule has 3 rings (SSSR count). The van der Waals surface area contributed by atoms with Crippen LogP contribution in [0.1, 0.15) is 55.4 Å². The molecule has 10 radical (unpaired) electrons. The highest BCUT2D eigenvalue weighted by Gasteiger charge is 2.52. The first-order chi connectivity index (χ1) is 14.7. The monoisotopic (exact) mass is 462 g/mol. The predicted octanol–water partition coefficient (Wildman–Crippen LogP) is 7.93. The normalized spacial score (nSPS) is 23.6. The Morgan fingerprint density at radius 2 is 0.750 bits per heavy atom. The van der Waals surface area contributed by atoms with Crippen molar-refractivity contribution >= 4 is 27.8 Å². The van der Waals surface area contributed by atoms with E-state index in [2.05, 4.69) is 116 Å². The SMILES string of the molecule is C[C]1[C](C)[C](C)[C]([Si](C)(C)Nc2cccc(N[Si](C)(C)[C]3[C](C)[C](C)[C](C)[C]3C)c2)[C]1C. The third kappa shape index (κ3) is 4.60. The highest BCUT2D eigenvalue weighted by molar-refractivity contribution is 6.87. The van der Waals surface area contributed by atoms with E-state index in [1.54, 1.807) is 11.1 Å². The van der Waals surface area contributed by atoms with E-state index in [1.165, 1.54) is 58.7 Å². The van der Waals surface area contributed by atoms with E-state index in [1.807, 2.05) is 0 Å². The van der Waals surface area contributed by atoms with Gasteiger partial charge in [0, 0.05) is 22.5 Å². The first-order valence-corrected chi connectivity index (χ1v) is 17.8. The molecule has 1 aromatic rings. The summed E-state index contributed by atoms with van der Waals surface area (Å²) >= 11 is 0. The molecule has 2 aliphatic rings. The van der Waals surface area contributed by atoms with Crippen LogP contribution in [0.5, 0.6) is 0 Å². The van der Waals surface area contributed by atoms with Gasteiger partial charge in [-0.05, 0) is 65.5 Å². The molecule has 0 amide bonds. The molecule has 0 spiro atoms. The topological polar surface area (TPSA) is 24.1 Å². The molecule has 172 valence electrons. The number of hydrogen-bond acceptors (Lipinski definition) is 2. The Bertz CT molecular complexity index is 702. The summed E-state index contributed by atoms with van der Waals surface area (Å²) in [5.41, 5.74) is 5.56. The molecular formula is C28H42N2Si2. The van der Waals surface area contributed by atoms with Crippen LogP contribution in [0, 0.1) is 58.4 Å². The Labute approximate surface area is 201 Å². The van der Waals surface area contributed by atoms with Crippen LogP contribution in [0.3, 0.4) is 0 Å². The van der Waals surface area contributed by atoms with Gasteiger partial charge in [-0.15, -0.1) is 0 Å². The van der Waals surface area contributed by atoms with Gasteiger partial charge in [-0.3, -0.25) is 0 Å². The van der Waals surface area contributed by atoms with E-state index in [0.29, 0.717) is 0 Å². The molecule has 2 N–H and O–H groups in total. The smallest absolute Gasteiger partial charge is 0.155 e. The molecular weight excluding hydrogens is 420 g/mol. The highest BCUT2D eigenvalue weighted by Crippen LogP contribution is 2.56. The molecule has 0 unspecified atom stereocenters. The Hall–Kier alpha value is -0.746. The summed E-state index contributed by atoms with van der Waals surface area (Å²) in [7, 11) is -3.71. The van der Waals surface area contributed by atoms with E-state index in [4.69, 9.17) is 0 Å². The van der Waals surface area contributed by atoms with Crippen LogP contribution in [-0.2, 0) is 0 Å². The van der Waals surface area contributed by atoms with Gasteiger partial charge >= 0.3 is 0 Å². The Kier molecular flexibility index (Phi) is 7.38. The fourth-order valence-electron chi connectivity index (χ4n) is 5.83. The minimum Gasteiger partial charge on any atom is -0.410 e. The van der Waals surface area contributed by atoms with E-state index < -0.39 is 16.5 Å². The molecule has 0 saturated heterocycles. The third-order valence-corrected chi connectivity index (χ3v) is 13.7. The molecule has 0 atom stereocenters. The maximum Gasteiger partial charge on any atom is 0.155 e. The molecule has 2 fully saturated rings. The minimum atomic E-state index is -1.85. The zero-order valence-corrected chi connectivity index (χ0v) is 24.3. The standard InChI is InChI=1S/C28H42N2Si2/c1-17-18(2)22(6)27(21(17)5)31(9,10)29-25-14-13-15-26(16-25)30-32(11,12)28-23(7)19(3)20(4)24(28)8/h13-16,29-30H,1-12H3. The largest absolute Gasteiger partial charge is 0.410 e. The predicted molar refractivity (Wildman–Crippen MR) is 146 cm³/mol. The van der Waals surface area contributed by atoms with Crippen LogP contribution in [0.4, 0.5) is 11.4 Å². The second-order valence-corrected chi connectivity index (χ2v) is 18.8. The summed E-state index contributed by atoms with van der Waals surface area (Å²) in [6.45, 7) is 28.0. The van der Waals surface area contributed by atoms with Crippen molar-refractivity contribution in [3.8, 4) is 0 Å². The summed E-state index contributed by atoms with van der Waals surface area (Å²) < 4.78 is 0. The van der Waals surface area contributed by atoms with E-state index in [0.717, 1.165) is 0 Å². The highest BCUT2D eigenvalue weighted by atomic mass is 28.3. The van der Waals surface area contributed by atoms with Crippen molar-refractivity contribution in [3.63, 3.8) is 0 Å². The van der Waals surface area contributed by atoms with Gasteiger partial charge in [0.15, 0.2) is 16.5 Å². The van der Waals surface area contributed by atoms with Crippen LogP contribution in [0.25, 0.3) is 0 Å². The van der Waals surface area contributed by atoms with E-state index in [9.17, 15) is 0 Å². The van der Waals surface area contributed by atoms with Crippen molar-refractivity contribution < 1.29 is 0 Å². The van der Waals surface area contributed by atoms with Crippen LogP contribution < -0.4 is 9.96 Å². The number of benzene rings is 1. The summed E-state index contributed by atoms with van der Waals surface area (Å²) in [4.78, 5) is 7.95. The van der Waals surface area contributed by atoms with Crippen LogP contribution in [0.2, 0.25) is 26.2 Å². The van der Waals surface area contributed by atoms with Gasteiger partial charge in [0.1, 0.15) is 0 Å². The third-order valence-electron chi connectivity index (χ3n) is 7.90. The van der Waals surface area contributed by atoms with Crippen molar-refractivity contribution in [2.24, 2.45) is 0 Å². The van der Waals surface area contributed by atoms with Gasteiger partial charge < -0.3 is 9.96 Å². The lowest BCUT2D eigenvalue weighted by molar-refractivity contribution is 0.973. The number of rotatable bonds is 6.